The van der Waals surface area contributed by atoms with E-state index >= 15 is 0 Å². The second-order valence-electron chi connectivity index (χ2n) is 7.21. The molecule has 1 aromatic heterocycles. The molecule has 1 heterocycles. The minimum atomic E-state index is -0.826. The molecule has 1 unspecified atom stereocenters. The van der Waals surface area contributed by atoms with Crippen molar-refractivity contribution in [2.45, 2.75) is 51.3 Å². The van der Waals surface area contributed by atoms with E-state index < -0.39 is 16.9 Å². The lowest BCUT2D eigenvalue weighted by Gasteiger charge is -2.17. The summed E-state index contributed by atoms with van der Waals surface area (Å²) in [7, 11) is 0. The van der Waals surface area contributed by atoms with Crippen LogP contribution in [0.1, 0.15) is 48.5 Å². The molecule has 2 aromatic rings. The van der Waals surface area contributed by atoms with Crippen LogP contribution in [0.5, 0.6) is 5.88 Å². The minimum Gasteiger partial charge on any atom is -0.474 e. The standard InChI is InChI=1S/C21H24N4O5/c1-14(24-20(27)15-6-4-8-17(12-15)25(28)29)19(26)23-13-16-7-5-11-22-21(16)30-18-9-2-3-10-18/h4-8,11-12,14,18H,2-3,9-10,13H2,1H3,(H,23,26)(H,24,27). The molecule has 0 saturated heterocycles. The maximum atomic E-state index is 12.4. The fraction of sp³-hybridized carbons (Fsp3) is 0.381. The van der Waals surface area contributed by atoms with Gasteiger partial charge in [0.15, 0.2) is 0 Å². The summed E-state index contributed by atoms with van der Waals surface area (Å²) in [5, 5.41) is 16.2. The van der Waals surface area contributed by atoms with Gasteiger partial charge in [-0.15, -0.1) is 0 Å². The molecular weight excluding hydrogens is 388 g/mol. The maximum absolute atomic E-state index is 12.4. The van der Waals surface area contributed by atoms with E-state index in [1.165, 1.54) is 24.3 Å². The van der Waals surface area contributed by atoms with E-state index in [0.717, 1.165) is 31.2 Å². The number of ether oxygens (including phenoxy) is 1. The van der Waals surface area contributed by atoms with Gasteiger partial charge < -0.3 is 15.4 Å². The van der Waals surface area contributed by atoms with Crippen LogP contribution in [0.25, 0.3) is 0 Å². The highest BCUT2D eigenvalue weighted by molar-refractivity contribution is 5.97. The van der Waals surface area contributed by atoms with Gasteiger partial charge in [-0.05, 0) is 44.7 Å². The number of nitro groups is 1. The van der Waals surface area contributed by atoms with Gasteiger partial charge in [-0.2, -0.15) is 0 Å². The number of hydrogen-bond donors (Lipinski definition) is 2. The lowest BCUT2D eigenvalue weighted by Crippen LogP contribution is -2.44. The van der Waals surface area contributed by atoms with Crippen molar-refractivity contribution in [2.75, 3.05) is 0 Å². The van der Waals surface area contributed by atoms with Gasteiger partial charge in [-0.1, -0.05) is 12.1 Å². The number of aromatic nitrogens is 1. The quantitative estimate of drug-likeness (QED) is 0.508. The van der Waals surface area contributed by atoms with E-state index in [1.54, 1.807) is 19.2 Å². The fourth-order valence-electron chi connectivity index (χ4n) is 3.27. The second-order valence-corrected chi connectivity index (χ2v) is 7.21. The molecule has 0 radical (unpaired) electrons. The predicted molar refractivity (Wildman–Crippen MR) is 109 cm³/mol. The van der Waals surface area contributed by atoms with E-state index in [0.29, 0.717) is 5.88 Å². The van der Waals surface area contributed by atoms with Crippen LogP contribution in [0.4, 0.5) is 5.69 Å². The number of benzene rings is 1. The Morgan fingerprint density at radius 2 is 2.03 bits per heavy atom. The maximum Gasteiger partial charge on any atom is 0.270 e. The third-order valence-electron chi connectivity index (χ3n) is 4.94. The van der Waals surface area contributed by atoms with Crippen molar-refractivity contribution >= 4 is 17.5 Å². The third-order valence-corrected chi connectivity index (χ3v) is 4.94. The zero-order valence-corrected chi connectivity index (χ0v) is 16.7. The summed E-state index contributed by atoms with van der Waals surface area (Å²) in [6.07, 6.45) is 6.10. The first-order valence-electron chi connectivity index (χ1n) is 9.87. The Hall–Kier alpha value is -3.49. The van der Waals surface area contributed by atoms with Gasteiger partial charge in [0.25, 0.3) is 11.6 Å². The first-order chi connectivity index (χ1) is 14.4. The molecule has 3 rings (SSSR count). The van der Waals surface area contributed by atoms with Crippen LogP contribution in [0.3, 0.4) is 0 Å². The molecule has 9 heteroatoms. The molecule has 1 aliphatic carbocycles. The minimum absolute atomic E-state index is 0.114. The van der Waals surface area contributed by atoms with Crippen molar-refractivity contribution in [1.29, 1.82) is 0 Å². The summed E-state index contributed by atoms with van der Waals surface area (Å²) in [5.41, 5.74) is 0.685. The largest absolute Gasteiger partial charge is 0.474 e. The molecule has 1 saturated carbocycles. The Kier molecular flexibility index (Phi) is 6.95. The lowest BCUT2D eigenvalue weighted by molar-refractivity contribution is -0.384. The molecule has 2 amide bonds. The Balaban J connectivity index is 1.55. The number of hydrogen-bond acceptors (Lipinski definition) is 6. The first kappa shape index (κ1) is 21.2. The zero-order valence-electron chi connectivity index (χ0n) is 16.7. The topological polar surface area (TPSA) is 123 Å². The summed E-state index contributed by atoms with van der Waals surface area (Å²) in [6, 6.07) is 8.13. The van der Waals surface area contributed by atoms with E-state index in [4.69, 9.17) is 4.74 Å². The summed E-state index contributed by atoms with van der Waals surface area (Å²) in [5.74, 6) is -0.435. The van der Waals surface area contributed by atoms with Gasteiger partial charge >= 0.3 is 0 Å². The number of nitrogens with one attached hydrogen (secondary N) is 2. The molecule has 1 aromatic carbocycles. The average Bonchev–Trinajstić information content (AvgIpc) is 3.26. The van der Waals surface area contributed by atoms with Crippen molar-refractivity contribution in [3.05, 3.63) is 63.8 Å². The highest BCUT2D eigenvalue weighted by Crippen LogP contribution is 2.25. The Bertz CT molecular complexity index is 927. The first-order valence-corrected chi connectivity index (χ1v) is 9.87. The molecular formula is C21H24N4O5. The molecule has 0 spiro atoms. The summed E-state index contributed by atoms with van der Waals surface area (Å²) in [6.45, 7) is 1.76. The van der Waals surface area contributed by atoms with E-state index in [-0.39, 0.29) is 29.8 Å². The Morgan fingerprint density at radius 1 is 1.27 bits per heavy atom. The van der Waals surface area contributed by atoms with Crippen LogP contribution in [-0.4, -0.2) is 33.9 Å². The van der Waals surface area contributed by atoms with Gasteiger partial charge in [-0.3, -0.25) is 19.7 Å². The second kappa shape index (κ2) is 9.82. The number of nitrogens with zero attached hydrogens (tertiary/aromatic N) is 2. The van der Waals surface area contributed by atoms with Crippen molar-refractivity contribution in [2.24, 2.45) is 0 Å². The van der Waals surface area contributed by atoms with Crippen LogP contribution in [-0.2, 0) is 11.3 Å². The number of pyridine rings is 1. The molecule has 1 atom stereocenters. The van der Waals surface area contributed by atoms with Crippen LogP contribution in [0, 0.1) is 10.1 Å². The van der Waals surface area contributed by atoms with Crippen molar-refractivity contribution in [3.63, 3.8) is 0 Å². The summed E-state index contributed by atoms with van der Waals surface area (Å²) >= 11 is 0. The van der Waals surface area contributed by atoms with E-state index in [1.807, 2.05) is 6.07 Å². The molecule has 1 aliphatic rings. The molecule has 9 nitrogen and oxygen atoms in total. The molecule has 2 N–H and O–H groups in total. The molecule has 0 bridgehead atoms. The van der Waals surface area contributed by atoms with Crippen molar-refractivity contribution in [1.82, 2.24) is 15.6 Å². The monoisotopic (exact) mass is 412 g/mol. The molecule has 30 heavy (non-hydrogen) atoms. The van der Waals surface area contributed by atoms with Gasteiger partial charge in [0.2, 0.25) is 11.8 Å². The van der Waals surface area contributed by atoms with Gasteiger partial charge in [0.1, 0.15) is 12.1 Å². The normalized spacial score (nSPS) is 14.7. The van der Waals surface area contributed by atoms with Crippen LogP contribution in [0.2, 0.25) is 0 Å². The number of non-ortho nitro benzene ring substituents is 1. The fourth-order valence-corrected chi connectivity index (χ4v) is 3.27. The summed E-state index contributed by atoms with van der Waals surface area (Å²) in [4.78, 5) is 39.3. The van der Waals surface area contributed by atoms with Gasteiger partial charge in [-0.25, -0.2) is 4.98 Å². The van der Waals surface area contributed by atoms with Gasteiger partial charge in [0.05, 0.1) is 4.92 Å². The van der Waals surface area contributed by atoms with Crippen molar-refractivity contribution < 1.29 is 19.2 Å². The molecule has 0 aliphatic heterocycles. The van der Waals surface area contributed by atoms with E-state index in [9.17, 15) is 19.7 Å². The Morgan fingerprint density at radius 3 is 2.77 bits per heavy atom. The molecule has 158 valence electrons. The smallest absolute Gasteiger partial charge is 0.270 e. The average molecular weight is 412 g/mol. The number of carbonyl (C=O) groups is 2. The van der Waals surface area contributed by atoms with Crippen molar-refractivity contribution in [3.8, 4) is 5.88 Å². The van der Waals surface area contributed by atoms with Crippen LogP contribution in [0.15, 0.2) is 42.6 Å². The highest BCUT2D eigenvalue weighted by Gasteiger charge is 2.20. The predicted octanol–water partition coefficient (Wildman–Crippen LogP) is 2.75. The number of nitro benzene ring substituents is 1. The Labute approximate surface area is 174 Å². The lowest BCUT2D eigenvalue weighted by atomic mass is 10.1. The molecule has 1 fully saturated rings. The third kappa shape index (κ3) is 5.53. The van der Waals surface area contributed by atoms with Crippen LogP contribution < -0.4 is 15.4 Å². The number of amides is 2. The number of rotatable bonds is 8. The summed E-state index contributed by atoms with van der Waals surface area (Å²) < 4.78 is 5.96. The number of carbonyl (C=O) groups excluding carboxylic acids is 2. The zero-order chi connectivity index (χ0) is 21.5. The SMILES string of the molecule is CC(NC(=O)c1cccc([N+](=O)[O-])c1)C(=O)NCc1cccnc1OC1CCCC1. The highest BCUT2D eigenvalue weighted by atomic mass is 16.6. The van der Waals surface area contributed by atoms with Gasteiger partial charge in [0, 0.05) is 36.0 Å². The van der Waals surface area contributed by atoms with E-state index in [2.05, 4.69) is 15.6 Å². The van der Waals surface area contributed by atoms with Crippen LogP contribution >= 0.6 is 0 Å².